The van der Waals surface area contributed by atoms with Crippen LogP contribution < -0.4 is 5.32 Å². The Morgan fingerprint density at radius 2 is 1.53 bits per heavy atom. The van der Waals surface area contributed by atoms with Crippen molar-refractivity contribution >= 4 is 0 Å². The maximum Gasteiger partial charge on any atom is 0.0161 e. The van der Waals surface area contributed by atoms with Crippen LogP contribution in [-0.2, 0) is 19.3 Å². The highest BCUT2D eigenvalue weighted by Crippen LogP contribution is 2.46. The van der Waals surface area contributed by atoms with Crippen LogP contribution in [0, 0.1) is 0 Å². The first kappa shape index (κ1) is 22.8. The molecular weight excluding hydrogens is 386 g/mol. The highest BCUT2D eigenvalue weighted by atomic mass is 14.8. The molecule has 0 radical (unpaired) electrons. The molecule has 32 heavy (non-hydrogen) atoms. The van der Waals surface area contributed by atoms with E-state index < -0.39 is 0 Å². The van der Waals surface area contributed by atoms with Gasteiger partial charge in [-0.2, -0.15) is 0 Å². The van der Waals surface area contributed by atoms with Gasteiger partial charge in [-0.15, -0.1) is 0 Å². The average molecular weight is 426 g/mol. The third-order valence-electron chi connectivity index (χ3n) is 7.29. The van der Waals surface area contributed by atoms with Gasteiger partial charge in [-0.1, -0.05) is 94.4 Å². The molecule has 3 aromatic rings. The standard InChI is InChI=1S/C31H39N/c1-5-23-9-17-30-28(21-23)16-18-29(26-14-12-25(13-15-26)22(3)4)31(30)27-10-7-24(8-11-27)19-20-32-6-2/h7-15,17,21-22,29,31-32H,5-6,16,18-20H2,1-4H3. The van der Waals surface area contributed by atoms with Crippen LogP contribution in [0.3, 0.4) is 0 Å². The van der Waals surface area contributed by atoms with Crippen molar-refractivity contribution in [1.29, 1.82) is 0 Å². The molecule has 1 N–H and O–H groups in total. The van der Waals surface area contributed by atoms with Crippen LogP contribution in [0.4, 0.5) is 0 Å². The molecule has 0 aromatic heterocycles. The van der Waals surface area contributed by atoms with Crippen molar-refractivity contribution in [2.24, 2.45) is 0 Å². The third kappa shape index (κ3) is 4.99. The lowest BCUT2D eigenvalue weighted by molar-refractivity contribution is 0.523. The van der Waals surface area contributed by atoms with Gasteiger partial charge in [-0.3, -0.25) is 0 Å². The molecule has 3 aromatic carbocycles. The maximum atomic E-state index is 3.44. The van der Waals surface area contributed by atoms with Gasteiger partial charge in [0.15, 0.2) is 0 Å². The van der Waals surface area contributed by atoms with Crippen LogP contribution in [0.2, 0.25) is 0 Å². The summed E-state index contributed by atoms with van der Waals surface area (Å²) in [6.45, 7) is 11.1. The molecule has 0 spiro atoms. The Morgan fingerprint density at radius 1 is 0.844 bits per heavy atom. The fourth-order valence-corrected chi connectivity index (χ4v) is 5.29. The van der Waals surface area contributed by atoms with Crippen LogP contribution in [0.15, 0.2) is 66.7 Å². The summed E-state index contributed by atoms with van der Waals surface area (Å²) in [6.07, 6.45) is 4.60. The average Bonchev–Trinajstić information content (AvgIpc) is 2.83. The van der Waals surface area contributed by atoms with E-state index in [2.05, 4.69) is 99.7 Å². The van der Waals surface area contributed by atoms with Gasteiger partial charge in [0.05, 0.1) is 0 Å². The Morgan fingerprint density at radius 3 is 2.19 bits per heavy atom. The predicted molar refractivity (Wildman–Crippen MR) is 138 cm³/mol. The van der Waals surface area contributed by atoms with Gasteiger partial charge in [-0.05, 0) is 89.6 Å². The molecule has 0 saturated carbocycles. The van der Waals surface area contributed by atoms with Gasteiger partial charge in [0.25, 0.3) is 0 Å². The molecule has 0 fully saturated rings. The number of aryl methyl sites for hydroxylation is 2. The quantitative estimate of drug-likeness (QED) is 0.371. The van der Waals surface area contributed by atoms with Crippen LogP contribution >= 0.6 is 0 Å². The summed E-state index contributed by atoms with van der Waals surface area (Å²) in [5.74, 6) is 1.54. The van der Waals surface area contributed by atoms with Crippen molar-refractivity contribution in [2.45, 2.75) is 71.1 Å². The first-order chi connectivity index (χ1) is 15.6. The minimum atomic E-state index is 0.428. The Balaban J connectivity index is 1.69. The fourth-order valence-electron chi connectivity index (χ4n) is 5.29. The minimum Gasteiger partial charge on any atom is -0.317 e. The van der Waals surface area contributed by atoms with Crippen LogP contribution in [0.25, 0.3) is 0 Å². The van der Waals surface area contributed by atoms with Gasteiger partial charge in [0.2, 0.25) is 0 Å². The highest BCUT2D eigenvalue weighted by Gasteiger charge is 2.32. The molecule has 4 rings (SSSR count). The van der Waals surface area contributed by atoms with Gasteiger partial charge in [-0.25, -0.2) is 0 Å². The smallest absolute Gasteiger partial charge is 0.0161 e. The molecule has 168 valence electrons. The van der Waals surface area contributed by atoms with Crippen molar-refractivity contribution in [3.63, 3.8) is 0 Å². The monoisotopic (exact) mass is 425 g/mol. The molecule has 1 aliphatic rings. The first-order valence-corrected chi connectivity index (χ1v) is 12.6. The van der Waals surface area contributed by atoms with Gasteiger partial charge in [0.1, 0.15) is 0 Å². The second kappa shape index (κ2) is 10.5. The maximum absolute atomic E-state index is 3.44. The molecule has 1 nitrogen and oxygen atoms in total. The molecule has 2 atom stereocenters. The lowest BCUT2D eigenvalue weighted by atomic mass is 9.69. The summed E-state index contributed by atoms with van der Waals surface area (Å²) in [4.78, 5) is 0. The number of fused-ring (bicyclic) bond motifs is 1. The SMILES string of the molecule is CCNCCc1ccc(C2c3ccc(CC)cc3CCC2c2ccc(C(C)C)cc2)cc1. The van der Waals surface area contributed by atoms with Gasteiger partial charge in [0, 0.05) is 5.92 Å². The molecule has 1 heteroatoms. The summed E-state index contributed by atoms with van der Waals surface area (Å²) < 4.78 is 0. The van der Waals surface area contributed by atoms with Crippen molar-refractivity contribution in [1.82, 2.24) is 5.32 Å². The zero-order chi connectivity index (χ0) is 22.5. The number of nitrogens with one attached hydrogen (secondary N) is 1. The van der Waals surface area contributed by atoms with Crippen LogP contribution in [-0.4, -0.2) is 13.1 Å². The summed E-state index contributed by atoms with van der Waals surface area (Å²) in [5.41, 5.74) is 10.3. The second-order valence-corrected chi connectivity index (χ2v) is 9.68. The van der Waals surface area contributed by atoms with Crippen molar-refractivity contribution in [3.05, 3.63) is 106 Å². The number of hydrogen-bond donors (Lipinski definition) is 1. The van der Waals surface area contributed by atoms with E-state index in [1.807, 2.05) is 0 Å². The van der Waals surface area contributed by atoms with E-state index in [0.717, 1.165) is 25.9 Å². The summed E-state index contributed by atoms with van der Waals surface area (Å²) >= 11 is 0. The lowest BCUT2D eigenvalue weighted by Crippen LogP contribution is -2.21. The van der Waals surface area contributed by atoms with Crippen LogP contribution in [0.5, 0.6) is 0 Å². The fraction of sp³-hybridized carbons (Fsp3) is 0.419. The normalized spacial score (nSPS) is 18.0. The largest absolute Gasteiger partial charge is 0.317 e. The number of rotatable bonds is 8. The van der Waals surface area contributed by atoms with E-state index in [-0.39, 0.29) is 0 Å². The number of likely N-dealkylation sites (N-methyl/N-ethyl adjacent to an activating group) is 1. The summed E-state index contributed by atoms with van der Waals surface area (Å²) in [7, 11) is 0. The van der Waals surface area contributed by atoms with Crippen molar-refractivity contribution in [2.75, 3.05) is 13.1 Å². The molecule has 0 aliphatic heterocycles. The molecule has 2 unspecified atom stereocenters. The first-order valence-electron chi connectivity index (χ1n) is 12.6. The zero-order valence-electron chi connectivity index (χ0n) is 20.3. The van der Waals surface area contributed by atoms with Crippen molar-refractivity contribution < 1.29 is 0 Å². The Labute approximate surface area is 195 Å². The van der Waals surface area contributed by atoms with E-state index in [4.69, 9.17) is 0 Å². The Kier molecular flexibility index (Phi) is 7.48. The molecule has 0 saturated heterocycles. The van der Waals surface area contributed by atoms with E-state index >= 15 is 0 Å². The molecule has 0 amide bonds. The molecule has 0 bridgehead atoms. The molecular formula is C31H39N. The van der Waals surface area contributed by atoms with Crippen molar-refractivity contribution in [3.8, 4) is 0 Å². The Hall–Kier alpha value is -2.38. The third-order valence-corrected chi connectivity index (χ3v) is 7.29. The number of hydrogen-bond acceptors (Lipinski definition) is 1. The van der Waals surface area contributed by atoms with Gasteiger partial charge < -0.3 is 5.32 Å². The summed E-state index contributed by atoms with van der Waals surface area (Å²) in [6, 6.07) is 26.2. The predicted octanol–water partition coefficient (Wildman–Crippen LogP) is 7.39. The van der Waals surface area contributed by atoms with Crippen LogP contribution in [0.1, 0.15) is 90.8 Å². The Bertz CT molecular complexity index is 998. The lowest BCUT2D eigenvalue weighted by Gasteiger charge is -2.35. The van der Waals surface area contributed by atoms with E-state index in [9.17, 15) is 0 Å². The number of benzene rings is 3. The van der Waals surface area contributed by atoms with E-state index in [1.165, 1.54) is 46.2 Å². The summed E-state index contributed by atoms with van der Waals surface area (Å²) in [5, 5.41) is 3.44. The van der Waals surface area contributed by atoms with Gasteiger partial charge >= 0.3 is 0 Å². The van der Waals surface area contributed by atoms with E-state index in [0.29, 0.717) is 17.8 Å². The highest BCUT2D eigenvalue weighted by molar-refractivity contribution is 5.47. The molecule has 0 heterocycles. The van der Waals surface area contributed by atoms with E-state index in [1.54, 1.807) is 5.56 Å². The second-order valence-electron chi connectivity index (χ2n) is 9.68. The minimum absolute atomic E-state index is 0.428. The topological polar surface area (TPSA) is 12.0 Å². The molecule has 1 aliphatic carbocycles. The zero-order valence-corrected chi connectivity index (χ0v) is 20.3.